The summed E-state index contributed by atoms with van der Waals surface area (Å²) in [6.45, 7) is 3.51. The van der Waals surface area contributed by atoms with Gasteiger partial charge in [0, 0.05) is 18.7 Å². The van der Waals surface area contributed by atoms with E-state index in [0.29, 0.717) is 24.6 Å². The van der Waals surface area contributed by atoms with Gasteiger partial charge in [0.05, 0.1) is 0 Å². The zero-order valence-electron chi connectivity index (χ0n) is 16.2. The van der Waals surface area contributed by atoms with E-state index in [0.717, 1.165) is 19.3 Å². The second kappa shape index (κ2) is 10.3. The summed E-state index contributed by atoms with van der Waals surface area (Å²) in [6.07, 6.45) is 3.54. The molecule has 1 aliphatic rings. The van der Waals surface area contributed by atoms with E-state index in [2.05, 4.69) is 31.2 Å². The first-order valence-electron chi connectivity index (χ1n) is 9.47. The van der Waals surface area contributed by atoms with Crippen LogP contribution >= 0.6 is 0 Å². The highest BCUT2D eigenvalue weighted by Gasteiger charge is 2.21. The lowest BCUT2D eigenvalue weighted by Gasteiger charge is -2.29. The molecular formula is C22H28N2O4. The zero-order valence-corrected chi connectivity index (χ0v) is 16.2. The molecule has 28 heavy (non-hydrogen) atoms. The Morgan fingerprint density at radius 1 is 1.04 bits per heavy atom. The number of carboxylic acid groups (broad SMARTS) is 1. The van der Waals surface area contributed by atoms with Crippen molar-refractivity contribution in [3.63, 3.8) is 0 Å². The number of amides is 2. The van der Waals surface area contributed by atoms with Gasteiger partial charge in [0.1, 0.15) is 5.75 Å². The number of carbonyl (C=O) groups is 2. The molecule has 2 amide bonds. The van der Waals surface area contributed by atoms with E-state index in [1.807, 2.05) is 0 Å². The van der Waals surface area contributed by atoms with E-state index < -0.39 is 12.0 Å². The molecule has 0 atom stereocenters. The molecule has 2 aromatic carbocycles. The van der Waals surface area contributed by atoms with Crippen LogP contribution in [0.5, 0.6) is 5.75 Å². The molecule has 0 aromatic heterocycles. The Kier molecular flexibility index (Phi) is 7.87. The van der Waals surface area contributed by atoms with Crippen molar-refractivity contribution in [2.45, 2.75) is 32.6 Å². The predicted molar refractivity (Wildman–Crippen MR) is 108 cm³/mol. The van der Waals surface area contributed by atoms with Gasteiger partial charge < -0.3 is 20.8 Å². The second-order valence-corrected chi connectivity index (χ2v) is 7.15. The first-order valence-corrected chi connectivity index (χ1v) is 9.47. The number of aryl methyl sites for hydroxylation is 2. The molecular weight excluding hydrogens is 356 g/mol. The third-order valence-electron chi connectivity index (χ3n) is 5.00. The average Bonchev–Trinajstić information content (AvgIpc) is 2.69. The Morgan fingerprint density at radius 3 is 2.11 bits per heavy atom. The number of hydrogen-bond acceptors (Lipinski definition) is 3. The van der Waals surface area contributed by atoms with Gasteiger partial charge in [-0.25, -0.2) is 4.79 Å². The van der Waals surface area contributed by atoms with Crippen molar-refractivity contribution in [3.8, 4) is 5.75 Å². The predicted octanol–water partition coefficient (Wildman–Crippen LogP) is 3.81. The number of carbonyl (C=O) groups excluding carboxylic acids is 1. The number of phenols is 1. The monoisotopic (exact) mass is 384 g/mol. The second-order valence-electron chi connectivity index (χ2n) is 7.15. The summed E-state index contributed by atoms with van der Waals surface area (Å²) in [4.78, 5) is 22.8. The molecule has 150 valence electrons. The molecule has 4 N–H and O–H groups in total. The minimum absolute atomic E-state index is 0.130. The molecule has 1 heterocycles. The third-order valence-corrected chi connectivity index (χ3v) is 5.00. The summed E-state index contributed by atoms with van der Waals surface area (Å²) >= 11 is 0. The molecule has 3 rings (SSSR count). The molecule has 0 bridgehead atoms. The summed E-state index contributed by atoms with van der Waals surface area (Å²) < 4.78 is 0. The van der Waals surface area contributed by atoms with E-state index in [4.69, 9.17) is 15.9 Å². The van der Waals surface area contributed by atoms with Crippen molar-refractivity contribution in [3.05, 3.63) is 65.2 Å². The zero-order chi connectivity index (χ0) is 20.5. The van der Waals surface area contributed by atoms with Crippen LogP contribution in [0.2, 0.25) is 0 Å². The molecule has 0 spiro atoms. The Morgan fingerprint density at radius 2 is 1.61 bits per heavy atom. The molecule has 0 unspecified atom stereocenters. The Bertz CT molecular complexity index is 764. The minimum atomic E-state index is -0.771. The molecule has 2 aromatic rings. The normalized spacial score (nSPS) is 14.1. The minimum Gasteiger partial charge on any atom is -0.508 e. The van der Waals surface area contributed by atoms with Crippen LogP contribution in [0, 0.1) is 12.8 Å². The van der Waals surface area contributed by atoms with Crippen LogP contribution in [-0.2, 0) is 6.42 Å². The largest absolute Gasteiger partial charge is 0.508 e. The van der Waals surface area contributed by atoms with E-state index in [9.17, 15) is 9.59 Å². The number of likely N-dealkylation sites (tertiary alicyclic amines) is 1. The molecule has 6 heteroatoms. The number of nitrogens with zero attached hydrogens (tertiary/aromatic N) is 1. The van der Waals surface area contributed by atoms with Crippen molar-refractivity contribution in [1.82, 2.24) is 4.90 Å². The van der Waals surface area contributed by atoms with Crippen molar-refractivity contribution in [2.24, 2.45) is 11.7 Å². The molecule has 1 fully saturated rings. The van der Waals surface area contributed by atoms with Crippen LogP contribution in [0.15, 0.2) is 48.5 Å². The molecule has 1 saturated heterocycles. The fourth-order valence-electron chi connectivity index (χ4n) is 3.16. The van der Waals surface area contributed by atoms with Gasteiger partial charge in [0.25, 0.3) is 0 Å². The molecule has 1 aliphatic heterocycles. The third kappa shape index (κ3) is 6.95. The quantitative estimate of drug-likeness (QED) is 0.745. The topological polar surface area (TPSA) is 104 Å². The summed E-state index contributed by atoms with van der Waals surface area (Å²) in [6, 6.07) is 14.5. The van der Waals surface area contributed by atoms with Gasteiger partial charge in [0.15, 0.2) is 0 Å². The van der Waals surface area contributed by atoms with Gasteiger partial charge in [-0.15, -0.1) is 0 Å². The van der Waals surface area contributed by atoms with E-state index in [-0.39, 0.29) is 5.75 Å². The Hall–Kier alpha value is -3.02. The summed E-state index contributed by atoms with van der Waals surface area (Å²) in [5, 5.41) is 17.7. The molecule has 0 saturated carbocycles. The fraction of sp³-hybridized carbons (Fsp3) is 0.364. The maximum atomic E-state index is 10.8. The lowest BCUT2D eigenvalue weighted by Crippen LogP contribution is -2.37. The summed E-state index contributed by atoms with van der Waals surface area (Å²) in [5.41, 5.74) is 8.03. The highest BCUT2D eigenvalue weighted by atomic mass is 16.4. The van der Waals surface area contributed by atoms with Crippen molar-refractivity contribution in [1.29, 1.82) is 0 Å². The molecule has 6 nitrogen and oxygen atoms in total. The van der Waals surface area contributed by atoms with Crippen LogP contribution in [0.4, 0.5) is 4.79 Å². The van der Waals surface area contributed by atoms with Gasteiger partial charge in [-0.05, 0) is 68.4 Å². The number of piperidine rings is 1. The number of primary amides is 1. The number of rotatable bonds is 4. The highest BCUT2D eigenvalue weighted by molar-refractivity contribution is 5.92. The standard InChI is InChI=1S/C15H21NO2.C7H7NO2/c1-12-2-4-13(5-3-12)6-7-14-8-10-16(11-9-14)15(17)18;8-7(10)5-1-3-6(9)4-2-5/h2-5,14H,6-11H2,1H3,(H,17,18);1-4,9H,(H2,8,10). The van der Waals surface area contributed by atoms with Gasteiger partial charge in [-0.2, -0.15) is 0 Å². The van der Waals surface area contributed by atoms with Crippen molar-refractivity contribution in [2.75, 3.05) is 13.1 Å². The van der Waals surface area contributed by atoms with Gasteiger partial charge in [0.2, 0.25) is 5.91 Å². The van der Waals surface area contributed by atoms with Crippen molar-refractivity contribution >= 4 is 12.0 Å². The molecule has 0 radical (unpaired) electrons. The smallest absolute Gasteiger partial charge is 0.407 e. The summed E-state index contributed by atoms with van der Waals surface area (Å²) in [7, 11) is 0. The van der Waals surface area contributed by atoms with Crippen LogP contribution in [0.1, 0.15) is 40.7 Å². The van der Waals surface area contributed by atoms with E-state index >= 15 is 0 Å². The first kappa shape index (κ1) is 21.3. The van der Waals surface area contributed by atoms with Gasteiger partial charge >= 0.3 is 6.09 Å². The van der Waals surface area contributed by atoms with Gasteiger partial charge in [-0.1, -0.05) is 29.8 Å². The maximum Gasteiger partial charge on any atom is 0.407 e. The Balaban J connectivity index is 0.000000237. The highest BCUT2D eigenvalue weighted by Crippen LogP contribution is 2.22. The van der Waals surface area contributed by atoms with Crippen LogP contribution in [-0.4, -0.2) is 40.2 Å². The number of nitrogens with two attached hydrogens (primary N) is 1. The maximum absolute atomic E-state index is 10.8. The van der Waals surface area contributed by atoms with E-state index in [1.54, 1.807) is 0 Å². The number of phenolic OH excluding ortho intramolecular Hbond substituents is 1. The van der Waals surface area contributed by atoms with Crippen LogP contribution < -0.4 is 5.73 Å². The van der Waals surface area contributed by atoms with Crippen LogP contribution in [0.3, 0.4) is 0 Å². The lowest BCUT2D eigenvalue weighted by atomic mass is 9.90. The average molecular weight is 384 g/mol. The van der Waals surface area contributed by atoms with Gasteiger partial charge in [-0.3, -0.25) is 4.79 Å². The number of benzene rings is 2. The van der Waals surface area contributed by atoms with E-state index in [1.165, 1.54) is 46.7 Å². The Labute approximate surface area is 165 Å². The lowest BCUT2D eigenvalue weighted by molar-refractivity contribution is 0.1000. The van der Waals surface area contributed by atoms with Crippen LogP contribution in [0.25, 0.3) is 0 Å². The first-order chi connectivity index (χ1) is 13.3. The fourth-order valence-corrected chi connectivity index (χ4v) is 3.16. The summed E-state index contributed by atoms with van der Waals surface area (Å²) in [5.74, 6) is 0.326. The SMILES string of the molecule is Cc1ccc(CCC2CCN(C(=O)O)CC2)cc1.NC(=O)c1ccc(O)cc1. The number of hydrogen-bond donors (Lipinski definition) is 3. The molecule has 0 aliphatic carbocycles. The van der Waals surface area contributed by atoms with Crippen molar-refractivity contribution < 1.29 is 19.8 Å². The number of aromatic hydroxyl groups is 1.